The molecule has 0 radical (unpaired) electrons. The predicted octanol–water partition coefficient (Wildman–Crippen LogP) is 3.94. The van der Waals surface area contributed by atoms with Gasteiger partial charge in [0.2, 0.25) is 0 Å². The number of fused-ring (bicyclic) bond motifs is 1. The molecule has 0 unspecified atom stereocenters. The number of carbonyl (C=O) groups excluding carboxylic acids is 1. The quantitative estimate of drug-likeness (QED) is 0.728. The number of hydrogen-bond acceptors (Lipinski definition) is 3. The highest BCUT2D eigenvalue weighted by Gasteiger charge is 2.20. The average molecular weight is 375 g/mol. The summed E-state index contributed by atoms with van der Waals surface area (Å²) in [5, 5.41) is 3.78. The molecule has 8 heteroatoms. The maximum absolute atomic E-state index is 13.2. The summed E-state index contributed by atoms with van der Waals surface area (Å²) in [6.07, 6.45) is 4.68. The summed E-state index contributed by atoms with van der Waals surface area (Å²) >= 11 is 5.74. The Morgan fingerprint density at radius 2 is 2.12 bits per heavy atom. The predicted molar refractivity (Wildman–Crippen MR) is 99.0 cm³/mol. The van der Waals surface area contributed by atoms with E-state index in [-0.39, 0.29) is 16.6 Å². The maximum atomic E-state index is 13.2. The minimum Gasteiger partial charge on any atom is -0.328 e. The summed E-state index contributed by atoms with van der Waals surface area (Å²) < 4.78 is 13.2. The number of benzene rings is 1. The van der Waals surface area contributed by atoms with Crippen molar-refractivity contribution in [2.24, 2.45) is 0 Å². The van der Waals surface area contributed by atoms with E-state index in [0.717, 1.165) is 10.9 Å². The molecule has 3 rings (SSSR count). The van der Waals surface area contributed by atoms with Crippen molar-refractivity contribution >= 4 is 34.1 Å². The van der Waals surface area contributed by atoms with Gasteiger partial charge in [-0.3, -0.25) is 9.78 Å². The van der Waals surface area contributed by atoms with Crippen LogP contribution in [0.15, 0.2) is 47.7 Å². The first kappa shape index (κ1) is 17.9. The van der Waals surface area contributed by atoms with Gasteiger partial charge < -0.3 is 15.2 Å². The fourth-order valence-corrected chi connectivity index (χ4v) is 2.82. The second kappa shape index (κ2) is 7.13. The standard InChI is InChI=1S/C18H16ClFN4O2/c1-10(13-9-22-17(25)14-8-21-6-5-12(13)14)24(2)18(26)23-11-3-4-16(20)15(19)7-11/h3-10H,1-2H3,(H,22,25)(H,23,26)/t10-/m0/s1. The lowest BCUT2D eigenvalue weighted by molar-refractivity contribution is 0.208. The van der Waals surface area contributed by atoms with Crippen molar-refractivity contribution in [1.29, 1.82) is 0 Å². The minimum atomic E-state index is -0.556. The molecule has 1 atom stereocenters. The normalized spacial score (nSPS) is 12.0. The van der Waals surface area contributed by atoms with Crippen LogP contribution in [0.1, 0.15) is 18.5 Å². The van der Waals surface area contributed by atoms with Crippen molar-refractivity contribution in [1.82, 2.24) is 14.9 Å². The van der Waals surface area contributed by atoms with Crippen molar-refractivity contribution in [3.05, 3.63) is 69.6 Å². The van der Waals surface area contributed by atoms with Crippen LogP contribution in [0.5, 0.6) is 0 Å². The zero-order valence-electron chi connectivity index (χ0n) is 14.1. The number of halogens is 2. The average Bonchev–Trinajstić information content (AvgIpc) is 2.64. The molecule has 3 aromatic rings. The number of amides is 2. The number of hydrogen-bond donors (Lipinski definition) is 2. The van der Waals surface area contributed by atoms with E-state index in [2.05, 4.69) is 15.3 Å². The molecule has 2 N–H and O–H groups in total. The maximum Gasteiger partial charge on any atom is 0.322 e. The van der Waals surface area contributed by atoms with E-state index in [1.807, 2.05) is 6.92 Å². The van der Waals surface area contributed by atoms with Crippen LogP contribution in [0, 0.1) is 5.82 Å². The SMILES string of the molecule is C[C@@H](c1c[nH]c(=O)c2cnccc12)N(C)C(=O)Nc1ccc(F)c(Cl)c1. The van der Waals surface area contributed by atoms with E-state index in [1.165, 1.54) is 29.3 Å². The fourth-order valence-electron chi connectivity index (χ4n) is 2.64. The van der Waals surface area contributed by atoms with Gasteiger partial charge in [-0.05, 0) is 42.1 Å². The molecule has 2 heterocycles. The van der Waals surface area contributed by atoms with Crippen LogP contribution < -0.4 is 10.9 Å². The van der Waals surface area contributed by atoms with E-state index in [1.54, 1.807) is 25.5 Å². The number of nitrogens with one attached hydrogen (secondary N) is 2. The topological polar surface area (TPSA) is 78.1 Å². The number of rotatable bonds is 3. The van der Waals surface area contributed by atoms with Crippen LogP contribution >= 0.6 is 11.6 Å². The third-order valence-corrected chi connectivity index (χ3v) is 4.55. The highest BCUT2D eigenvalue weighted by molar-refractivity contribution is 6.31. The zero-order valence-corrected chi connectivity index (χ0v) is 14.8. The van der Waals surface area contributed by atoms with Crippen molar-refractivity contribution < 1.29 is 9.18 Å². The summed E-state index contributed by atoms with van der Waals surface area (Å²) in [7, 11) is 1.63. The van der Waals surface area contributed by atoms with Gasteiger partial charge in [0.05, 0.1) is 16.5 Å². The van der Waals surface area contributed by atoms with Gasteiger partial charge >= 0.3 is 6.03 Å². The van der Waals surface area contributed by atoms with Crippen LogP contribution in [0.4, 0.5) is 14.9 Å². The molecule has 1 aromatic carbocycles. The number of aromatic nitrogens is 2. The van der Waals surface area contributed by atoms with Gasteiger partial charge in [0.1, 0.15) is 5.82 Å². The van der Waals surface area contributed by atoms with Crippen LogP contribution in [0.2, 0.25) is 5.02 Å². The van der Waals surface area contributed by atoms with Gasteiger partial charge in [-0.1, -0.05) is 11.6 Å². The lowest BCUT2D eigenvalue weighted by Gasteiger charge is -2.26. The number of H-pyrrole nitrogens is 1. The Hall–Kier alpha value is -2.93. The van der Waals surface area contributed by atoms with E-state index in [0.29, 0.717) is 11.1 Å². The second-order valence-corrected chi connectivity index (χ2v) is 6.25. The molecule has 0 fully saturated rings. The van der Waals surface area contributed by atoms with Gasteiger partial charge in [0, 0.05) is 31.3 Å². The Bertz CT molecular complexity index is 1040. The van der Waals surface area contributed by atoms with Crippen molar-refractivity contribution in [2.75, 3.05) is 12.4 Å². The number of aromatic amines is 1. The number of urea groups is 1. The van der Waals surface area contributed by atoms with Crippen molar-refractivity contribution in [3.8, 4) is 0 Å². The summed E-state index contributed by atoms with van der Waals surface area (Å²) in [4.78, 5) is 32.6. The molecule has 6 nitrogen and oxygen atoms in total. The highest BCUT2D eigenvalue weighted by atomic mass is 35.5. The molecule has 0 aliphatic heterocycles. The van der Waals surface area contributed by atoms with Gasteiger partial charge in [0.15, 0.2) is 0 Å². The third-order valence-electron chi connectivity index (χ3n) is 4.26. The third kappa shape index (κ3) is 3.39. The van der Waals surface area contributed by atoms with Gasteiger partial charge in [-0.25, -0.2) is 9.18 Å². The lowest BCUT2D eigenvalue weighted by atomic mass is 10.0. The van der Waals surface area contributed by atoms with Crippen LogP contribution in [-0.2, 0) is 0 Å². The van der Waals surface area contributed by atoms with Crippen molar-refractivity contribution in [3.63, 3.8) is 0 Å². The van der Waals surface area contributed by atoms with Crippen LogP contribution in [0.25, 0.3) is 10.8 Å². The Kier molecular flexibility index (Phi) is 4.90. The fraction of sp³-hybridized carbons (Fsp3) is 0.167. The minimum absolute atomic E-state index is 0.0716. The molecule has 2 aromatic heterocycles. The number of pyridine rings is 2. The molecule has 2 amide bonds. The zero-order chi connectivity index (χ0) is 18.8. The molecule has 0 aliphatic rings. The highest BCUT2D eigenvalue weighted by Crippen LogP contribution is 2.25. The first-order valence-corrected chi connectivity index (χ1v) is 8.20. The van der Waals surface area contributed by atoms with Gasteiger partial charge in [0.25, 0.3) is 5.56 Å². The van der Waals surface area contributed by atoms with E-state index in [4.69, 9.17) is 11.6 Å². The Morgan fingerprint density at radius 3 is 2.85 bits per heavy atom. The molecular weight excluding hydrogens is 359 g/mol. The molecule has 0 saturated carbocycles. The Morgan fingerprint density at radius 1 is 1.35 bits per heavy atom. The van der Waals surface area contributed by atoms with E-state index in [9.17, 15) is 14.0 Å². The molecule has 0 spiro atoms. The smallest absolute Gasteiger partial charge is 0.322 e. The molecule has 0 saturated heterocycles. The monoisotopic (exact) mass is 374 g/mol. The molecule has 26 heavy (non-hydrogen) atoms. The van der Waals surface area contributed by atoms with Crippen LogP contribution in [-0.4, -0.2) is 27.9 Å². The largest absolute Gasteiger partial charge is 0.328 e. The summed E-state index contributed by atoms with van der Waals surface area (Å²) in [5.41, 5.74) is 0.921. The Balaban J connectivity index is 1.86. The van der Waals surface area contributed by atoms with Gasteiger partial charge in [-0.15, -0.1) is 0 Å². The second-order valence-electron chi connectivity index (χ2n) is 5.84. The summed E-state index contributed by atoms with van der Waals surface area (Å²) in [6, 6.07) is 4.96. The van der Waals surface area contributed by atoms with Gasteiger partial charge in [-0.2, -0.15) is 0 Å². The Labute approximate surface area is 153 Å². The molecule has 134 valence electrons. The summed E-state index contributed by atoms with van der Waals surface area (Å²) in [6.45, 7) is 1.84. The molecule has 0 aliphatic carbocycles. The van der Waals surface area contributed by atoms with Crippen molar-refractivity contribution in [2.45, 2.75) is 13.0 Å². The number of carbonyl (C=O) groups is 1. The molecular formula is C18H16ClFN4O2. The molecule has 0 bridgehead atoms. The van der Waals surface area contributed by atoms with E-state index >= 15 is 0 Å². The first-order chi connectivity index (χ1) is 12.4. The van der Waals surface area contributed by atoms with Crippen LogP contribution in [0.3, 0.4) is 0 Å². The number of anilines is 1. The first-order valence-electron chi connectivity index (χ1n) is 7.82. The van der Waals surface area contributed by atoms with E-state index < -0.39 is 11.8 Å². The lowest BCUT2D eigenvalue weighted by Crippen LogP contribution is -2.34. The summed E-state index contributed by atoms with van der Waals surface area (Å²) in [5.74, 6) is -0.556. The number of nitrogens with zero attached hydrogens (tertiary/aromatic N) is 2.